The van der Waals surface area contributed by atoms with Crippen molar-refractivity contribution in [1.82, 2.24) is 5.43 Å². The molecule has 0 aromatic heterocycles. The van der Waals surface area contributed by atoms with Crippen molar-refractivity contribution >= 4 is 0 Å². The lowest BCUT2D eigenvalue weighted by Gasteiger charge is -2.17. The van der Waals surface area contributed by atoms with E-state index in [2.05, 4.69) is 5.43 Å². The fraction of sp³-hybridized carbons (Fsp3) is 0.0769. The van der Waals surface area contributed by atoms with E-state index in [-0.39, 0.29) is 5.56 Å². The van der Waals surface area contributed by atoms with Crippen LogP contribution < -0.4 is 11.3 Å². The normalized spacial score (nSPS) is 12.5. The summed E-state index contributed by atoms with van der Waals surface area (Å²) < 4.78 is 52.0. The van der Waals surface area contributed by atoms with Crippen molar-refractivity contribution in [2.75, 3.05) is 0 Å². The molecule has 0 saturated heterocycles. The average molecular weight is 270 g/mol. The highest BCUT2D eigenvalue weighted by Gasteiger charge is 2.18. The molecule has 2 nitrogen and oxygen atoms in total. The van der Waals surface area contributed by atoms with Crippen molar-refractivity contribution in [3.05, 3.63) is 70.8 Å². The van der Waals surface area contributed by atoms with E-state index in [4.69, 9.17) is 5.84 Å². The van der Waals surface area contributed by atoms with Crippen molar-refractivity contribution in [1.29, 1.82) is 0 Å². The number of hydrogen-bond acceptors (Lipinski definition) is 2. The SMILES string of the molecule is NNC(c1ccc(F)cc1)c1cc(F)c(F)c(F)c1. The Labute approximate surface area is 106 Å². The quantitative estimate of drug-likeness (QED) is 0.389. The molecule has 100 valence electrons. The highest BCUT2D eigenvalue weighted by atomic mass is 19.2. The van der Waals surface area contributed by atoms with Gasteiger partial charge in [-0.3, -0.25) is 5.84 Å². The van der Waals surface area contributed by atoms with Crippen LogP contribution in [-0.4, -0.2) is 0 Å². The molecule has 0 aliphatic rings. The van der Waals surface area contributed by atoms with Gasteiger partial charge in [-0.05, 0) is 35.4 Å². The Hall–Kier alpha value is -1.92. The number of benzene rings is 2. The molecule has 0 heterocycles. The summed E-state index contributed by atoms with van der Waals surface area (Å²) in [6, 6.07) is 6.12. The first kappa shape index (κ1) is 13.5. The van der Waals surface area contributed by atoms with Crippen molar-refractivity contribution in [2.45, 2.75) is 6.04 Å². The number of rotatable bonds is 3. The Morgan fingerprint density at radius 2 is 1.37 bits per heavy atom. The standard InChI is InChI=1S/C13H10F4N2/c14-9-3-1-7(2-4-9)13(19-18)8-5-10(15)12(17)11(16)6-8/h1-6,13,19H,18H2. The number of nitrogens with one attached hydrogen (secondary N) is 1. The van der Waals surface area contributed by atoms with Crippen LogP contribution in [0.4, 0.5) is 17.6 Å². The van der Waals surface area contributed by atoms with Gasteiger partial charge in [0.25, 0.3) is 0 Å². The Balaban J connectivity index is 2.45. The van der Waals surface area contributed by atoms with Crippen LogP contribution in [0.1, 0.15) is 17.2 Å². The molecule has 0 bridgehead atoms. The van der Waals surface area contributed by atoms with Crippen LogP contribution in [0.25, 0.3) is 0 Å². The Bertz CT molecular complexity index is 561. The molecule has 3 N–H and O–H groups in total. The van der Waals surface area contributed by atoms with E-state index in [1.54, 1.807) is 0 Å². The molecule has 2 aromatic carbocycles. The van der Waals surface area contributed by atoms with E-state index in [9.17, 15) is 17.6 Å². The summed E-state index contributed by atoms with van der Waals surface area (Å²) in [7, 11) is 0. The summed E-state index contributed by atoms with van der Waals surface area (Å²) in [5.74, 6) is 0.724. The molecule has 2 rings (SSSR count). The molecule has 0 amide bonds. The number of hydrogen-bond donors (Lipinski definition) is 2. The molecule has 0 saturated carbocycles. The lowest BCUT2D eigenvalue weighted by molar-refractivity contribution is 0.442. The van der Waals surface area contributed by atoms with Gasteiger partial charge < -0.3 is 0 Å². The summed E-state index contributed by atoms with van der Waals surface area (Å²) in [4.78, 5) is 0. The van der Waals surface area contributed by atoms with E-state index in [0.29, 0.717) is 5.56 Å². The van der Waals surface area contributed by atoms with Gasteiger partial charge in [-0.2, -0.15) is 0 Å². The molecule has 0 fully saturated rings. The minimum absolute atomic E-state index is 0.102. The van der Waals surface area contributed by atoms with Crippen LogP contribution in [0.15, 0.2) is 36.4 Å². The second-order valence-electron chi connectivity index (χ2n) is 3.95. The Morgan fingerprint density at radius 1 is 0.842 bits per heavy atom. The minimum Gasteiger partial charge on any atom is -0.271 e. The predicted molar refractivity (Wildman–Crippen MR) is 61.9 cm³/mol. The smallest absolute Gasteiger partial charge is 0.194 e. The van der Waals surface area contributed by atoms with Crippen LogP contribution in [-0.2, 0) is 0 Å². The van der Waals surface area contributed by atoms with Crippen molar-refractivity contribution in [3.63, 3.8) is 0 Å². The molecule has 2 aromatic rings. The van der Waals surface area contributed by atoms with Crippen LogP contribution in [0.5, 0.6) is 0 Å². The van der Waals surface area contributed by atoms with E-state index in [1.807, 2.05) is 0 Å². The van der Waals surface area contributed by atoms with Gasteiger partial charge in [0.05, 0.1) is 6.04 Å². The molecule has 19 heavy (non-hydrogen) atoms. The largest absolute Gasteiger partial charge is 0.271 e. The summed E-state index contributed by atoms with van der Waals surface area (Å²) in [5, 5.41) is 0. The first-order valence-electron chi connectivity index (χ1n) is 5.39. The minimum atomic E-state index is -1.54. The lowest BCUT2D eigenvalue weighted by Crippen LogP contribution is -2.29. The topological polar surface area (TPSA) is 38.0 Å². The summed E-state index contributed by atoms with van der Waals surface area (Å²) >= 11 is 0. The third-order valence-corrected chi connectivity index (χ3v) is 2.71. The highest BCUT2D eigenvalue weighted by Crippen LogP contribution is 2.24. The van der Waals surface area contributed by atoms with Crippen LogP contribution in [0.3, 0.4) is 0 Å². The Morgan fingerprint density at radius 3 is 1.84 bits per heavy atom. The molecule has 1 atom stereocenters. The first-order chi connectivity index (χ1) is 9.02. The summed E-state index contributed by atoms with van der Waals surface area (Å²) in [5.41, 5.74) is 2.95. The van der Waals surface area contributed by atoms with Gasteiger partial charge in [-0.25, -0.2) is 23.0 Å². The predicted octanol–water partition coefficient (Wildman–Crippen LogP) is 2.80. The lowest BCUT2D eigenvalue weighted by atomic mass is 9.99. The van der Waals surface area contributed by atoms with Gasteiger partial charge in [0.2, 0.25) is 0 Å². The molecule has 0 aliphatic carbocycles. The Kier molecular flexibility index (Phi) is 3.82. The van der Waals surface area contributed by atoms with Gasteiger partial charge in [0.1, 0.15) is 5.82 Å². The second-order valence-corrected chi connectivity index (χ2v) is 3.95. The molecule has 6 heteroatoms. The first-order valence-corrected chi connectivity index (χ1v) is 5.39. The maximum Gasteiger partial charge on any atom is 0.194 e. The third-order valence-electron chi connectivity index (χ3n) is 2.71. The zero-order chi connectivity index (χ0) is 14.0. The molecule has 0 spiro atoms. The second kappa shape index (κ2) is 5.38. The van der Waals surface area contributed by atoms with Gasteiger partial charge in [-0.1, -0.05) is 12.1 Å². The number of hydrazine groups is 1. The van der Waals surface area contributed by atoms with Crippen molar-refractivity contribution in [2.24, 2.45) is 5.84 Å². The van der Waals surface area contributed by atoms with Gasteiger partial charge in [0.15, 0.2) is 17.5 Å². The summed E-state index contributed by atoms with van der Waals surface area (Å²) in [6.45, 7) is 0. The van der Waals surface area contributed by atoms with Crippen LogP contribution in [0, 0.1) is 23.3 Å². The van der Waals surface area contributed by atoms with E-state index >= 15 is 0 Å². The fourth-order valence-corrected chi connectivity index (χ4v) is 1.78. The molecule has 0 aliphatic heterocycles. The summed E-state index contributed by atoms with van der Waals surface area (Å²) in [6.07, 6.45) is 0. The number of nitrogens with two attached hydrogens (primary N) is 1. The van der Waals surface area contributed by atoms with Crippen molar-refractivity contribution < 1.29 is 17.6 Å². The maximum atomic E-state index is 13.2. The number of halogens is 4. The zero-order valence-electron chi connectivity index (χ0n) is 9.63. The van der Waals surface area contributed by atoms with E-state index in [1.165, 1.54) is 24.3 Å². The van der Waals surface area contributed by atoms with E-state index in [0.717, 1.165) is 12.1 Å². The van der Waals surface area contributed by atoms with Gasteiger partial charge >= 0.3 is 0 Å². The molecule has 1 unspecified atom stereocenters. The van der Waals surface area contributed by atoms with Crippen LogP contribution >= 0.6 is 0 Å². The van der Waals surface area contributed by atoms with Crippen LogP contribution in [0.2, 0.25) is 0 Å². The maximum absolute atomic E-state index is 13.2. The highest BCUT2D eigenvalue weighted by molar-refractivity contribution is 5.32. The zero-order valence-corrected chi connectivity index (χ0v) is 9.63. The van der Waals surface area contributed by atoms with Crippen molar-refractivity contribution in [3.8, 4) is 0 Å². The van der Waals surface area contributed by atoms with Gasteiger partial charge in [-0.15, -0.1) is 0 Å². The molecular formula is C13H10F4N2. The van der Waals surface area contributed by atoms with Gasteiger partial charge in [0, 0.05) is 0 Å². The monoisotopic (exact) mass is 270 g/mol. The molecular weight excluding hydrogens is 260 g/mol. The molecule has 0 radical (unpaired) electrons. The average Bonchev–Trinajstić information content (AvgIpc) is 2.39. The fourth-order valence-electron chi connectivity index (χ4n) is 1.78. The third kappa shape index (κ3) is 2.74. The van der Waals surface area contributed by atoms with E-state index < -0.39 is 29.3 Å².